The summed E-state index contributed by atoms with van der Waals surface area (Å²) in [7, 11) is 1.48. The van der Waals surface area contributed by atoms with Crippen LogP contribution in [0.15, 0.2) is 121 Å². The third-order valence-corrected chi connectivity index (χ3v) is 6.40. The quantitative estimate of drug-likeness (QED) is 0.301. The van der Waals surface area contributed by atoms with Crippen molar-refractivity contribution in [2.45, 2.75) is 6.42 Å². The van der Waals surface area contributed by atoms with Gasteiger partial charge in [0.15, 0.2) is 0 Å². The van der Waals surface area contributed by atoms with E-state index in [9.17, 15) is 4.79 Å². The van der Waals surface area contributed by atoms with Crippen LogP contribution in [0.5, 0.6) is 0 Å². The van der Waals surface area contributed by atoms with Gasteiger partial charge in [-0.2, -0.15) is 0 Å². The van der Waals surface area contributed by atoms with E-state index in [0.29, 0.717) is 6.42 Å². The molecule has 1 atom stereocenters. The zero-order valence-corrected chi connectivity index (χ0v) is 19.1. The minimum atomic E-state index is -0.412. The Morgan fingerprint density at radius 1 is 0.588 bits per heavy atom. The fraction of sp³-hybridized carbons (Fsp3) is 0.0938. The predicted molar refractivity (Wildman–Crippen MR) is 140 cm³/mol. The molecule has 0 spiro atoms. The van der Waals surface area contributed by atoms with Gasteiger partial charge in [-0.1, -0.05) is 121 Å². The molecule has 1 aliphatic carbocycles. The standard InChI is InChI=1S/C32H26O2/c1-34-32(33)28-22-27(23-14-6-2-7-15-23)29(24-16-8-3-9-17-24)31(26-20-12-5-13-21-26)30(28)25-18-10-4-11-19-25/h2-21,28H,22H2,1H3. The second-order valence-corrected chi connectivity index (χ2v) is 8.39. The average molecular weight is 443 g/mol. The van der Waals surface area contributed by atoms with E-state index in [2.05, 4.69) is 84.9 Å². The van der Waals surface area contributed by atoms with E-state index in [1.54, 1.807) is 0 Å². The molecule has 1 unspecified atom stereocenters. The number of hydrogen-bond donors (Lipinski definition) is 0. The molecule has 34 heavy (non-hydrogen) atoms. The van der Waals surface area contributed by atoms with Crippen LogP contribution in [0.1, 0.15) is 28.7 Å². The molecule has 4 aromatic rings. The van der Waals surface area contributed by atoms with Gasteiger partial charge in [-0.25, -0.2) is 0 Å². The van der Waals surface area contributed by atoms with Gasteiger partial charge in [0.1, 0.15) is 0 Å². The molecule has 2 nitrogen and oxygen atoms in total. The molecule has 5 rings (SSSR count). The topological polar surface area (TPSA) is 26.3 Å². The number of esters is 1. The molecule has 0 aliphatic heterocycles. The summed E-state index contributed by atoms with van der Waals surface area (Å²) in [6, 6.07) is 41.5. The Bertz CT molecular complexity index is 1340. The van der Waals surface area contributed by atoms with Crippen molar-refractivity contribution in [3.63, 3.8) is 0 Å². The Labute approximate surface area is 200 Å². The van der Waals surface area contributed by atoms with Gasteiger partial charge >= 0.3 is 5.97 Å². The Kier molecular flexibility index (Phi) is 6.22. The number of methoxy groups -OCH3 is 1. The van der Waals surface area contributed by atoms with Crippen molar-refractivity contribution in [3.05, 3.63) is 144 Å². The molecule has 0 N–H and O–H groups in total. The number of ether oxygens (including phenoxy) is 1. The summed E-state index contributed by atoms with van der Waals surface area (Å²) < 4.78 is 5.36. The second-order valence-electron chi connectivity index (χ2n) is 8.39. The number of carbonyl (C=O) groups excluding carboxylic acids is 1. The molecule has 1 aliphatic rings. The Balaban J connectivity index is 1.93. The van der Waals surface area contributed by atoms with E-state index in [0.717, 1.165) is 44.5 Å². The van der Waals surface area contributed by atoms with Crippen LogP contribution in [0, 0.1) is 5.92 Å². The molecule has 0 radical (unpaired) electrons. The first-order valence-corrected chi connectivity index (χ1v) is 11.5. The first-order chi connectivity index (χ1) is 16.8. The van der Waals surface area contributed by atoms with Crippen molar-refractivity contribution in [3.8, 4) is 0 Å². The van der Waals surface area contributed by atoms with E-state index >= 15 is 0 Å². The zero-order valence-electron chi connectivity index (χ0n) is 19.1. The number of carbonyl (C=O) groups is 1. The van der Waals surface area contributed by atoms with Gasteiger partial charge in [0.25, 0.3) is 0 Å². The molecule has 0 heterocycles. The molecule has 0 fully saturated rings. The maximum atomic E-state index is 13.3. The molecule has 4 aromatic carbocycles. The van der Waals surface area contributed by atoms with Crippen LogP contribution in [0.3, 0.4) is 0 Å². The molecule has 0 amide bonds. The first kappa shape index (κ1) is 21.7. The number of benzene rings is 4. The minimum Gasteiger partial charge on any atom is -0.469 e. The Hall–Kier alpha value is -4.17. The van der Waals surface area contributed by atoms with E-state index in [1.807, 2.05) is 36.4 Å². The van der Waals surface area contributed by atoms with Crippen LogP contribution in [-0.4, -0.2) is 13.1 Å². The van der Waals surface area contributed by atoms with Crippen LogP contribution in [0.4, 0.5) is 0 Å². The molecule has 0 saturated carbocycles. The average Bonchev–Trinajstić information content (AvgIpc) is 2.93. The van der Waals surface area contributed by atoms with Gasteiger partial charge in [0.2, 0.25) is 0 Å². The summed E-state index contributed by atoms with van der Waals surface area (Å²) in [4.78, 5) is 13.3. The summed E-state index contributed by atoms with van der Waals surface area (Å²) in [5.74, 6) is -0.627. The Morgan fingerprint density at radius 2 is 1.00 bits per heavy atom. The normalized spacial score (nSPS) is 15.9. The van der Waals surface area contributed by atoms with Gasteiger partial charge in [0.05, 0.1) is 13.0 Å². The van der Waals surface area contributed by atoms with Crippen LogP contribution in [0.2, 0.25) is 0 Å². The largest absolute Gasteiger partial charge is 0.469 e. The van der Waals surface area contributed by atoms with Crippen LogP contribution in [-0.2, 0) is 9.53 Å². The van der Waals surface area contributed by atoms with Crippen LogP contribution in [0.25, 0.3) is 22.3 Å². The van der Waals surface area contributed by atoms with E-state index in [-0.39, 0.29) is 5.97 Å². The monoisotopic (exact) mass is 442 g/mol. The number of hydrogen-bond acceptors (Lipinski definition) is 2. The SMILES string of the molecule is COC(=O)C1CC(c2ccccc2)=C(c2ccccc2)C(c2ccccc2)=C1c1ccccc1. The van der Waals surface area contributed by atoms with E-state index in [1.165, 1.54) is 7.11 Å². The van der Waals surface area contributed by atoms with Gasteiger partial charge in [-0.3, -0.25) is 4.79 Å². The molecule has 2 heteroatoms. The van der Waals surface area contributed by atoms with Crippen molar-refractivity contribution >= 4 is 28.3 Å². The van der Waals surface area contributed by atoms with E-state index in [4.69, 9.17) is 4.74 Å². The second kappa shape index (κ2) is 9.76. The van der Waals surface area contributed by atoms with Crippen molar-refractivity contribution in [1.29, 1.82) is 0 Å². The molecule has 0 bridgehead atoms. The van der Waals surface area contributed by atoms with Crippen molar-refractivity contribution in [2.75, 3.05) is 7.11 Å². The van der Waals surface area contributed by atoms with Crippen molar-refractivity contribution in [2.24, 2.45) is 5.92 Å². The van der Waals surface area contributed by atoms with Crippen molar-refractivity contribution < 1.29 is 9.53 Å². The van der Waals surface area contributed by atoms with Crippen LogP contribution < -0.4 is 0 Å². The minimum absolute atomic E-state index is 0.215. The maximum absolute atomic E-state index is 13.3. The number of rotatable bonds is 5. The van der Waals surface area contributed by atoms with Crippen LogP contribution >= 0.6 is 0 Å². The summed E-state index contributed by atoms with van der Waals surface area (Å²) in [5.41, 5.74) is 8.79. The molecular formula is C32H26O2. The smallest absolute Gasteiger partial charge is 0.313 e. The fourth-order valence-corrected chi connectivity index (χ4v) is 4.90. The summed E-state index contributed by atoms with van der Waals surface area (Å²) in [6.45, 7) is 0. The molecule has 0 saturated heterocycles. The summed E-state index contributed by atoms with van der Waals surface area (Å²) in [6.07, 6.45) is 0.571. The lowest BCUT2D eigenvalue weighted by atomic mass is 9.70. The first-order valence-electron chi connectivity index (χ1n) is 11.5. The lowest BCUT2D eigenvalue weighted by Gasteiger charge is -2.32. The lowest BCUT2D eigenvalue weighted by Crippen LogP contribution is -2.23. The summed E-state index contributed by atoms with van der Waals surface area (Å²) in [5, 5.41) is 0. The van der Waals surface area contributed by atoms with Crippen molar-refractivity contribution in [1.82, 2.24) is 0 Å². The predicted octanol–water partition coefficient (Wildman–Crippen LogP) is 7.40. The highest BCUT2D eigenvalue weighted by atomic mass is 16.5. The van der Waals surface area contributed by atoms with Gasteiger partial charge in [-0.05, 0) is 51.0 Å². The molecule has 0 aromatic heterocycles. The third kappa shape index (κ3) is 4.11. The highest BCUT2D eigenvalue weighted by molar-refractivity contribution is 6.25. The van der Waals surface area contributed by atoms with Gasteiger partial charge < -0.3 is 4.74 Å². The van der Waals surface area contributed by atoms with Gasteiger partial charge in [0, 0.05) is 0 Å². The molecular weight excluding hydrogens is 416 g/mol. The highest BCUT2D eigenvalue weighted by Gasteiger charge is 2.36. The third-order valence-electron chi connectivity index (χ3n) is 6.40. The Morgan fingerprint density at radius 3 is 1.47 bits per heavy atom. The lowest BCUT2D eigenvalue weighted by molar-refractivity contribution is -0.143. The zero-order chi connectivity index (χ0) is 23.3. The highest BCUT2D eigenvalue weighted by Crippen LogP contribution is 2.51. The summed E-state index contributed by atoms with van der Waals surface area (Å²) >= 11 is 0. The molecule has 166 valence electrons. The fourth-order valence-electron chi connectivity index (χ4n) is 4.90. The van der Waals surface area contributed by atoms with Gasteiger partial charge in [-0.15, -0.1) is 0 Å². The number of allylic oxidation sites excluding steroid dienone is 3. The maximum Gasteiger partial charge on any atom is 0.313 e. The van der Waals surface area contributed by atoms with E-state index < -0.39 is 5.92 Å².